The lowest BCUT2D eigenvalue weighted by Crippen LogP contribution is -2.30. The van der Waals surface area contributed by atoms with Gasteiger partial charge in [0.1, 0.15) is 5.82 Å². The zero-order valence-electron chi connectivity index (χ0n) is 12.1. The molecule has 1 fully saturated rings. The van der Waals surface area contributed by atoms with Crippen LogP contribution in [0.15, 0.2) is 0 Å². The van der Waals surface area contributed by atoms with Gasteiger partial charge in [0.2, 0.25) is 0 Å². The fourth-order valence-electron chi connectivity index (χ4n) is 2.94. The molecule has 0 aliphatic carbocycles. The molecule has 1 aliphatic heterocycles. The summed E-state index contributed by atoms with van der Waals surface area (Å²) in [7, 11) is 2.05. The van der Waals surface area contributed by atoms with Crippen molar-refractivity contribution in [2.45, 2.75) is 58.5 Å². The largest absolute Gasteiger partial charge is 0.354 e. The summed E-state index contributed by atoms with van der Waals surface area (Å²) in [6.07, 6.45) is 4.52. The smallest absolute Gasteiger partial charge is 0.130 e. The van der Waals surface area contributed by atoms with Gasteiger partial charge in [-0.3, -0.25) is 4.68 Å². The van der Waals surface area contributed by atoms with Crippen molar-refractivity contribution >= 4 is 5.82 Å². The van der Waals surface area contributed by atoms with E-state index in [-0.39, 0.29) is 6.04 Å². The molecule has 1 aliphatic rings. The molecule has 0 bridgehead atoms. The quantitative estimate of drug-likeness (QED) is 0.889. The number of nitrogens with zero attached hydrogens (tertiary/aromatic N) is 3. The van der Waals surface area contributed by atoms with E-state index in [1.807, 2.05) is 11.7 Å². The molecule has 0 saturated carbocycles. The minimum atomic E-state index is 0.240. The average molecular weight is 250 g/mol. The zero-order valence-corrected chi connectivity index (χ0v) is 12.1. The second-order valence-corrected chi connectivity index (χ2v) is 5.57. The Balaban J connectivity index is 2.33. The topological polar surface area (TPSA) is 47.1 Å². The van der Waals surface area contributed by atoms with Crippen LogP contribution in [0.1, 0.15) is 44.4 Å². The van der Waals surface area contributed by atoms with E-state index in [9.17, 15) is 0 Å². The van der Waals surface area contributed by atoms with Crippen molar-refractivity contribution in [3.63, 3.8) is 0 Å². The molecule has 1 aromatic heterocycles. The third kappa shape index (κ3) is 2.39. The SMILES string of the molecule is CCC(N)Cc1c(C)nn(C)c1N1CCCC1C. The number of rotatable bonds is 4. The first-order valence-electron chi connectivity index (χ1n) is 7.09. The molecule has 2 atom stereocenters. The molecule has 2 rings (SSSR count). The Bertz CT molecular complexity index is 410. The van der Waals surface area contributed by atoms with Crippen LogP contribution in [0.4, 0.5) is 5.82 Å². The highest BCUT2D eigenvalue weighted by atomic mass is 15.4. The summed E-state index contributed by atoms with van der Waals surface area (Å²) in [5.74, 6) is 1.29. The second kappa shape index (κ2) is 5.31. The second-order valence-electron chi connectivity index (χ2n) is 5.57. The number of aromatic nitrogens is 2. The van der Waals surface area contributed by atoms with Crippen molar-refractivity contribution in [3.8, 4) is 0 Å². The van der Waals surface area contributed by atoms with E-state index in [0.717, 1.165) is 25.1 Å². The van der Waals surface area contributed by atoms with Crippen LogP contribution < -0.4 is 10.6 Å². The number of aryl methyl sites for hydroxylation is 2. The number of nitrogens with two attached hydrogens (primary N) is 1. The van der Waals surface area contributed by atoms with Crippen molar-refractivity contribution in [1.29, 1.82) is 0 Å². The van der Waals surface area contributed by atoms with Gasteiger partial charge in [-0.15, -0.1) is 0 Å². The minimum absolute atomic E-state index is 0.240. The molecule has 2 heterocycles. The maximum Gasteiger partial charge on any atom is 0.130 e. The van der Waals surface area contributed by atoms with E-state index < -0.39 is 0 Å². The summed E-state index contributed by atoms with van der Waals surface area (Å²) in [4.78, 5) is 2.50. The van der Waals surface area contributed by atoms with E-state index in [4.69, 9.17) is 5.73 Å². The van der Waals surface area contributed by atoms with Gasteiger partial charge < -0.3 is 10.6 Å². The molecule has 1 aromatic rings. The molecule has 4 nitrogen and oxygen atoms in total. The summed E-state index contributed by atoms with van der Waals surface area (Å²) < 4.78 is 2.04. The van der Waals surface area contributed by atoms with E-state index in [2.05, 4.69) is 30.8 Å². The number of hydrogen-bond acceptors (Lipinski definition) is 3. The van der Waals surface area contributed by atoms with Gasteiger partial charge in [-0.25, -0.2) is 0 Å². The van der Waals surface area contributed by atoms with Crippen LogP contribution in [-0.2, 0) is 13.5 Å². The van der Waals surface area contributed by atoms with Gasteiger partial charge in [-0.2, -0.15) is 5.10 Å². The Labute approximate surface area is 110 Å². The van der Waals surface area contributed by atoms with Crippen molar-refractivity contribution in [2.24, 2.45) is 12.8 Å². The Morgan fingerprint density at radius 3 is 2.78 bits per heavy atom. The summed E-state index contributed by atoms with van der Waals surface area (Å²) in [5.41, 5.74) is 8.61. The van der Waals surface area contributed by atoms with Gasteiger partial charge in [-0.05, 0) is 39.5 Å². The molecule has 2 unspecified atom stereocenters. The fourth-order valence-corrected chi connectivity index (χ4v) is 2.94. The lowest BCUT2D eigenvalue weighted by atomic mass is 10.0. The summed E-state index contributed by atoms with van der Waals surface area (Å²) in [6, 6.07) is 0.862. The Morgan fingerprint density at radius 2 is 2.22 bits per heavy atom. The van der Waals surface area contributed by atoms with Gasteiger partial charge in [-0.1, -0.05) is 6.92 Å². The third-order valence-electron chi connectivity index (χ3n) is 4.13. The normalized spacial score (nSPS) is 21.6. The van der Waals surface area contributed by atoms with Crippen LogP contribution in [0, 0.1) is 6.92 Å². The van der Waals surface area contributed by atoms with Gasteiger partial charge in [0.15, 0.2) is 0 Å². The average Bonchev–Trinajstić information content (AvgIpc) is 2.84. The molecular formula is C14H26N4. The first-order chi connectivity index (χ1) is 8.54. The first kappa shape index (κ1) is 13.4. The molecule has 18 heavy (non-hydrogen) atoms. The molecule has 4 heteroatoms. The van der Waals surface area contributed by atoms with Crippen LogP contribution in [0.2, 0.25) is 0 Å². The van der Waals surface area contributed by atoms with Crippen LogP contribution in [-0.4, -0.2) is 28.4 Å². The van der Waals surface area contributed by atoms with E-state index in [0.29, 0.717) is 6.04 Å². The van der Waals surface area contributed by atoms with Gasteiger partial charge in [0.05, 0.1) is 5.69 Å². The maximum absolute atomic E-state index is 6.13. The molecule has 0 amide bonds. The highest BCUT2D eigenvalue weighted by Gasteiger charge is 2.27. The molecule has 0 radical (unpaired) electrons. The maximum atomic E-state index is 6.13. The van der Waals surface area contributed by atoms with Crippen LogP contribution in [0.25, 0.3) is 0 Å². The molecule has 0 aromatic carbocycles. The van der Waals surface area contributed by atoms with Gasteiger partial charge in [0, 0.05) is 31.2 Å². The molecule has 2 N–H and O–H groups in total. The van der Waals surface area contributed by atoms with Crippen molar-refractivity contribution in [3.05, 3.63) is 11.3 Å². The minimum Gasteiger partial charge on any atom is -0.354 e. The van der Waals surface area contributed by atoms with Crippen molar-refractivity contribution in [1.82, 2.24) is 9.78 Å². The third-order valence-corrected chi connectivity index (χ3v) is 4.13. The number of anilines is 1. The Hall–Kier alpha value is -1.03. The predicted molar refractivity (Wildman–Crippen MR) is 76.0 cm³/mol. The standard InChI is InChI=1S/C14H26N4/c1-5-12(15)9-13-11(3)16-17(4)14(13)18-8-6-7-10(18)2/h10,12H,5-9,15H2,1-4H3. The molecule has 102 valence electrons. The van der Waals surface area contributed by atoms with Crippen LogP contribution >= 0.6 is 0 Å². The van der Waals surface area contributed by atoms with E-state index in [1.165, 1.54) is 24.2 Å². The Kier molecular flexibility index (Phi) is 3.95. The monoisotopic (exact) mass is 250 g/mol. The summed E-state index contributed by atoms with van der Waals surface area (Å²) in [6.45, 7) is 7.70. The summed E-state index contributed by atoms with van der Waals surface area (Å²) >= 11 is 0. The zero-order chi connectivity index (χ0) is 13.3. The van der Waals surface area contributed by atoms with Crippen LogP contribution in [0.5, 0.6) is 0 Å². The van der Waals surface area contributed by atoms with Crippen molar-refractivity contribution in [2.75, 3.05) is 11.4 Å². The first-order valence-corrected chi connectivity index (χ1v) is 7.09. The van der Waals surface area contributed by atoms with E-state index >= 15 is 0 Å². The number of hydrogen-bond donors (Lipinski definition) is 1. The molecular weight excluding hydrogens is 224 g/mol. The lowest BCUT2D eigenvalue weighted by molar-refractivity contribution is 0.637. The highest BCUT2D eigenvalue weighted by Crippen LogP contribution is 2.30. The van der Waals surface area contributed by atoms with Gasteiger partial charge in [0.25, 0.3) is 0 Å². The molecule has 0 spiro atoms. The molecule has 1 saturated heterocycles. The van der Waals surface area contributed by atoms with Crippen molar-refractivity contribution < 1.29 is 0 Å². The predicted octanol–water partition coefficient (Wildman–Crippen LogP) is 2.00. The Morgan fingerprint density at radius 1 is 1.50 bits per heavy atom. The van der Waals surface area contributed by atoms with E-state index in [1.54, 1.807) is 0 Å². The fraction of sp³-hybridized carbons (Fsp3) is 0.786. The van der Waals surface area contributed by atoms with Crippen LogP contribution in [0.3, 0.4) is 0 Å². The van der Waals surface area contributed by atoms with Gasteiger partial charge >= 0.3 is 0 Å². The lowest BCUT2D eigenvalue weighted by Gasteiger charge is -2.25. The highest BCUT2D eigenvalue weighted by molar-refractivity contribution is 5.52. The summed E-state index contributed by atoms with van der Waals surface area (Å²) in [5, 5.41) is 4.60.